The summed E-state index contributed by atoms with van der Waals surface area (Å²) in [7, 11) is 1.91. The molecule has 5 unspecified atom stereocenters. The molecule has 6 nitrogen and oxygen atoms in total. The second-order valence-electron chi connectivity index (χ2n) is 12.3. The molecule has 2 bridgehead atoms. The van der Waals surface area contributed by atoms with E-state index in [1.54, 1.807) is 12.1 Å². The number of hydrogen-bond donors (Lipinski definition) is 1. The van der Waals surface area contributed by atoms with Crippen LogP contribution in [0.5, 0.6) is 0 Å². The van der Waals surface area contributed by atoms with Gasteiger partial charge in [-0.2, -0.15) is 0 Å². The molecule has 39 heavy (non-hydrogen) atoms. The van der Waals surface area contributed by atoms with Gasteiger partial charge in [-0.25, -0.2) is 13.8 Å². The third-order valence-corrected chi connectivity index (χ3v) is 9.41. The molecule has 0 spiro atoms. The monoisotopic (exact) mass is 534 g/mol. The quantitative estimate of drug-likeness (QED) is 0.413. The predicted octanol–water partition coefficient (Wildman–Crippen LogP) is 5.84. The number of amides is 1. The largest absolute Gasteiger partial charge is 0.360 e. The van der Waals surface area contributed by atoms with Crippen LogP contribution in [0, 0.1) is 35.3 Å². The molecule has 206 valence electrons. The summed E-state index contributed by atoms with van der Waals surface area (Å²) in [5.41, 5.74) is -0.665. The molecule has 8 heteroatoms. The number of anilines is 1. The molecule has 3 aliphatic rings. The summed E-state index contributed by atoms with van der Waals surface area (Å²) < 4.78 is 30.3. The van der Waals surface area contributed by atoms with Crippen LogP contribution in [0.1, 0.15) is 69.2 Å². The van der Waals surface area contributed by atoms with Crippen molar-refractivity contribution in [1.82, 2.24) is 14.9 Å². The smallest absolute Gasteiger partial charge is 0.257 e. The van der Waals surface area contributed by atoms with E-state index in [2.05, 4.69) is 19.2 Å². The lowest BCUT2D eigenvalue weighted by Gasteiger charge is -2.46. The minimum absolute atomic E-state index is 0.0230. The molecule has 3 aromatic rings. The molecule has 2 heterocycles. The van der Waals surface area contributed by atoms with E-state index in [0.717, 1.165) is 56.2 Å². The Kier molecular flexibility index (Phi) is 6.47. The van der Waals surface area contributed by atoms with Gasteiger partial charge in [-0.1, -0.05) is 13.3 Å². The van der Waals surface area contributed by atoms with Crippen molar-refractivity contribution < 1.29 is 13.6 Å². The van der Waals surface area contributed by atoms with Gasteiger partial charge in [0.05, 0.1) is 11.1 Å². The number of fused-ring (bicyclic) bond motifs is 2. The number of carbonyl (C=O) groups excluding carboxylic acids is 1. The van der Waals surface area contributed by atoms with Crippen LogP contribution >= 0.6 is 0 Å². The number of halogens is 2. The van der Waals surface area contributed by atoms with Crippen LogP contribution < -0.4 is 15.6 Å². The van der Waals surface area contributed by atoms with Gasteiger partial charge in [-0.3, -0.25) is 14.2 Å². The van der Waals surface area contributed by atoms with Crippen LogP contribution in [-0.2, 0) is 0 Å². The molecular formula is C31H36F2N4O2. The zero-order valence-corrected chi connectivity index (χ0v) is 22.8. The third kappa shape index (κ3) is 4.61. The molecule has 5 atom stereocenters. The van der Waals surface area contributed by atoms with E-state index in [0.29, 0.717) is 17.7 Å². The first-order valence-corrected chi connectivity index (χ1v) is 14.2. The highest BCUT2D eigenvalue weighted by Gasteiger charge is 2.53. The zero-order valence-electron chi connectivity index (χ0n) is 22.8. The van der Waals surface area contributed by atoms with Crippen LogP contribution in [0.4, 0.5) is 14.6 Å². The lowest BCUT2D eigenvalue weighted by molar-refractivity contribution is 0.0570. The highest BCUT2D eigenvalue weighted by Crippen LogP contribution is 2.60. The number of carbonyl (C=O) groups is 1. The van der Waals surface area contributed by atoms with Crippen molar-refractivity contribution in [2.24, 2.45) is 23.7 Å². The van der Waals surface area contributed by atoms with Crippen molar-refractivity contribution in [1.29, 1.82) is 0 Å². The Balaban J connectivity index is 1.42. The van der Waals surface area contributed by atoms with E-state index < -0.39 is 28.5 Å². The number of nitrogens with one attached hydrogen (secondary N) is 1. The van der Waals surface area contributed by atoms with Crippen molar-refractivity contribution in [3.63, 3.8) is 0 Å². The molecule has 3 saturated carbocycles. The van der Waals surface area contributed by atoms with Crippen LogP contribution in [-0.4, -0.2) is 34.6 Å². The van der Waals surface area contributed by atoms with E-state index in [9.17, 15) is 14.0 Å². The molecule has 1 N–H and O–H groups in total. The minimum Gasteiger partial charge on any atom is -0.360 e. The summed E-state index contributed by atoms with van der Waals surface area (Å²) in [6, 6.07) is 6.67. The number of rotatable bonds is 7. The first-order valence-electron chi connectivity index (χ1n) is 14.2. The van der Waals surface area contributed by atoms with E-state index in [-0.39, 0.29) is 22.3 Å². The van der Waals surface area contributed by atoms with Crippen LogP contribution in [0.25, 0.3) is 16.7 Å². The van der Waals surface area contributed by atoms with Gasteiger partial charge >= 0.3 is 0 Å². The Morgan fingerprint density at radius 3 is 2.74 bits per heavy atom. The standard InChI is InChI=1S/C31H36F2N4O2/c1-4-5-10-36(3)27-9-7-22-28(38)24(17-37(29(22)34-27)26-8-6-21(32)14-25(26)33)30(39)35-31(2)15-18-11-19-13-20(16-31)23(19)12-18/h6-9,14,17-20,23H,4-5,10-13,15-16H2,1-3H3,(H,35,39). The molecule has 1 aromatic carbocycles. The Morgan fingerprint density at radius 2 is 1.97 bits per heavy atom. The summed E-state index contributed by atoms with van der Waals surface area (Å²) in [4.78, 5) is 34.1. The summed E-state index contributed by atoms with van der Waals surface area (Å²) in [5, 5.41) is 3.43. The van der Waals surface area contributed by atoms with Gasteiger partial charge in [0.25, 0.3) is 5.91 Å². The Hall–Kier alpha value is -3.29. The molecule has 0 radical (unpaired) electrons. The van der Waals surface area contributed by atoms with E-state index >= 15 is 4.39 Å². The Morgan fingerprint density at radius 1 is 1.15 bits per heavy atom. The fourth-order valence-electron chi connectivity index (χ4n) is 7.57. The molecule has 3 aliphatic carbocycles. The Bertz CT molecular complexity index is 1500. The second kappa shape index (κ2) is 9.72. The maximum Gasteiger partial charge on any atom is 0.257 e. The van der Waals surface area contributed by atoms with Crippen molar-refractivity contribution in [2.75, 3.05) is 18.5 Å². The summed E-state index contributed by atoms with van der Waals surface area (Å²) in [5.74, 6) is 1.53. The molecule has 0 aliphatic heterocycles. The summed E-state index contributed by atoms with van der Waals surface area (Å²) in [6.07, 6.45) is 8.89. The van der Waals surface area contributed by atoms with Gasteiger partial charge in [-0.15, -0.1) is 0 Å². The average Bonchev–Trinajstić information content (AvgIpc) is 3.15. The lowest BCUT2D eigenvalue weighted by atomic mass is 9.62. The van der Waals surface area contributed by atoms with Gasteiger partial charge < -0.3 is 10.2 Å². The third-order valence-electron chi connectivity index (χ3n) is 9.41. The van der Waals surface area contributed by atoms with E-state index in [1.165, 1.54) is 36.1 Å². The molecular weight excluding hydrogens is 498 g/mol. The number of benzene rings is 1. The fraction of sp³-hybridized carbons (Fsp3) is 0.516. The normalized spacial score (nSPS) is 27.2. The maximum absolute atomic E-state index is 15.1. The lowest BCUT2D eigenvalue weighted by Crippen LogP contribution is -2.51. The molecule has 2 aromatic heterocycles. The van der Waals surface area contributed by atoms with Crippen LogP contribution in [0.3, 0.4) is 0 Å². The van der Waals surface area contributed by atoms with Gasteiger partial charge in [-0.05, 0) is 93.4 Å². The van der Waals surface area contributed by atoms with Gasteiger partial charge in [0.1, 0.15) is 23.0 Å². The number of unbranched alkanes of at least 4 members (excludes halogenated alkanes) is 1. The van der Waals surface area contributed by atoms with Crippen molar-refractivity contribution in [2.45, 2.75) is 64.3 Å². The van der Waals surface area contributed by atoms with Gasteiger partial charge in [0.15, 0.2) is 5.65 Å². The minimum atomic E-state index is -0.802. The number of hydrogen-bond acceptors (Lipinski definition) is 4. The molecule has 0 saturated heterocycles. The summed E-state index contributed by atoms with van der Waals surface area (Å²) in [6.45, 7) is 4.97. The highest BCUT2D eigenvalue weighted by atomic mass is 19.1. The van der Waals surface area contributed by atoms with Crippen molar-refractivity contribution >= 4 is 22.8 Å². The van der Waals surface area contributed by atoms with Crippen molar-refractivity contribution in [3.05, 3.63) is 63.9 Å². The Labute approximate surface area is 227 Å². The number of aromatic nitrogens is 2. The van der Waals surface area contributed by atoms with Gasteiger partial charge in [0.2, 0.25) is 5.43 Å². The first-order chi connectivity index (χ1) is 18.7. The molecule has 1 amide bonds. The SMILES string of the molecule is CCCCN(C)c1ccc2c(=O)c(C(=O)NC3(C)CC4CC5CC(C3)C5C4)cn(-c3ccc(F)cc3F)c2n1. The van der Waals surface area contributed by atoms with Gasteiger partial charge in [0, 0.05) is 31.4 Å². The zero-order chi connectivity index (χ0) is 27.5. The van der Waals surface area contributed by atoms with Crippen LogP contribution in [0.2, 0.25) is 0 Å². The number of pyridine rings is 2. The maximum atomic E-state index is 15.1. The van der Waals surface area contributed by atoms with Crippen LogP contribution in [0.15, 0.2) is 41.3 Å². The first kappa shape index (κ1) is 26.0. The fourth-order valence-corrected chi connectivity index (χ4v) is 7.57. The van der Waals surface area contributed by atoms with Crippen molar-refractivity contribution in [3.8, 4) is 5.69 Å². The molecule has 6 rings (SSSR count). The average molecular weight is 535 g/mol. The number of nitrogens with zero attached hydrogens (tertiary/aromatic N) is 3. The second-order valence-corrected chi connectivity index (χ2v) is 12.3. The topological polar surface area (TPSA) is 67.2 Å². The summed E-state index contributed by atoms with van der Waals surface area (Å²) >= 11 is 0. The van der Waals surface area contributed by atoms with E-state index in [4.69, 9.17) is 4.98 Å². The molecule has 3 fully saturated rings. The highest BCUT2D eigenvalue weighted by molar-refractivity contribution is 5.97. The van der Waals surface area contributed by atoms with E-state index in [1.807, 2.05) is 11.9 Å². The predicted molar refractivity (Wildman–Crippen MR) is 148 cm³/mol.